The van der Waals surface area contributed by atoms with E-state index in [1.807, 2.05) is 55.6 Å². The molecule has 0 atom stereocenters. The Labute approximate surface area is 129 Å². The number of aromatic nitrogens is 1. The molecule has 21 heavy (non-hydrogen) atoms. The normalized spacial score (nSPS) is 10.8. The van der Waals surface area contributed by atoms with Gasteiger partial charge < -0.3 is 10.6 Å². The van der Waals surface area contributed by atoms with Gasteiger partial charge in [0.15, 0.2) is 0 Å². The van der Waals surface area contributed by atoms with Crippen molar-refractivity contribution in [3.63, 3.8) is 0 Å². The first-order valence-corrected chi connectivity index (χ1v) is 7.12. The fourth-order valence-corrected chi connectivity index (χ4v) is 2.68. The molecule has 0 amide bonds. The van der Waals surface area contributed by atoms with Gasteiger partial charge in [0.25, 0.3) is 0 Å². The molecular weight excluding hydrogens is 282 g/mol. The molecule has 0 spiro atoms. The molecule has 0 radical (unpaired) electrons. The zero-order valence-electron chi connectivity index (χ0n) is 11.8. The quantitative estimate of drug-likeness (QED) is 0.740. The van der Waals surface area contributed by atoms with E-state index in [0.717, 1.165) is 33.7 Å². The summed E-state index contributed by atoms with van der Waals surface area (Å²) in [4.78, 5) is 6.53. The third-order valence-electron chi connectivity index (χ3n) is 3.56. The summed E-state index contributed by atoms with van der Waals surface area (Å²) in [5.74, 6) is 0. The second-order valence-electron chi connectivity index (χ2n) is 5.02. The second-order valence-corrected chi connectivity index (χ2v) is 5.43. The van der Waals surface area contributed by atoms with E-state index in [1.165, 1.54) is 0 Å². The van der Waals surface area contributed by atoms with Crippen molar-refractivity contribution in [1.82, 2.24) is 4.98 Å². The van der Waals surface area contributed by atoms with Crippen LogP contribution in [0.5, 0.6) is 0 Å². The van der Waals surface area contributed by atoms with Crippen LogP contribution in [0.25, 0.3) is 10.9 Å². The molecule has 3 rings (SSSR count). The standard InChI is InChI=1S/C17H16ClN3/c1-21(11-12-5-2-3-7-14(12)18)16-9-10-20-17-13(16)6-4-8-15(17)19/h2-10H,11,19H2,1H3. The first kappa shape index (κ1) is 13.7. The number of fused-ring (bicyclic) bond motifs is 1. The number of anilines is 2. The molecule has 0 fully saturated rings. The fraction of sp³-hybridized carbons (Fsp3) is 0.118. The van der Waals surface area contributed by atoms with Gasteiger partial charge in [-0.2, -0.15) is 0 Å². The summed E-state index contributed by atoms with van der Waals surface area (Å²) in [6.07, 6.45) is 1.79. The number of hydrogen-bond acceptors (Lipinski definition) is 3. The Morgan fingerprint density at radius 1 is 1.10 bits per heavy atom. The number of nitrogens with two attached hydrogens (primary N) is 1. The lowest BCUT2D eigenvalue weighted by molar-refractivity contribution is 0.927. The van der Waals surface area contributed by atoms with Crippen LogP contribution in [0.15, 0.2) is 54.7 Å². The van der Waals surface area contributed by atoms with E-state index in [4.69, 9.17) is 17.3 Å². The first-order chi connectivity index (χ1) is 10.2. The van der Waals surface area contributed by atoms with Gasteiger partial charge in [-0.05, 0) is 23.8 Å². The van der Waals surface area contributed by atoms with Crippen molar-refractivity contribution in [3.05, 3.63) is 65.3 Å². The molecule has 3 aromatic rings. The van der Waals surface area contributed by atoms with Crippen molar-refractivity contribution in [2.75, 3.05) is 17.7 Å². The predicted octanol–water partition coefficient (Wildman–Crippen LogP) is 4.11. The molecule has 106 valence electrons. The van der Waals surface area contributed by atoms with Gasteiger partial charge in [-0.3, -0.25) is 4.98 Å². The summed E-state index contributed by atoms with van der Waals surface area (Å²) in [6, 6.07) is 15.7. The van der Waals surface area contributed by atoms with Crippen LogP contribution in [0.1, 0.15) is 5.56 Å². The number of benzene rings is 2. The van der Waals surface area contributed by atoms with E-state index >= 15 is 0 Å². The van der Waals surface area contributed by atoms with Gasteiger partial charge in [-0.25, -0.2) is 0 Å². The number of para-hydroxylation sites is 1. The van der Waals surface area contributed by atoms with Crippen LogP contribution in [0.2, 0.25) is 5.02 Å². The number of nitrogens with zero attached hydrogens (tertiary/aromatic N) is 2. The van der Waals surface area contributed by atoms with Gasteiger partial charge in [-0.15, -0.1) is 0 Å². The van der Waals surface area contributed by atoms with E-state index in [2.05, 4.69) is 9.88 Å². The Balaban J connectivity index is 2.01. The highest BCUT2D eigenvalue weighted by Gasteiger charge is 2.10. The Morgan fingerprint density at radius 2 is 1.90 bits per heavy atom. The van der Waals surface area contributed by atoms with E-state index in [-0.39, 0.29) is 0 Å². The van der Waals surface area contributed by atoms with Gasteiger partial charge in [0, 0.05) is 35.9 Å². The topological polar surface area (TPSA) is 42.2 Å². The Hall–Kier alpha value is -2.26. The molecule has 0 saturated heterocycles. The second kappa shape index (κ2) is 5.62. The maximum Gasteiger partial charge on any atom is 0.0951 e. The number of hydrogen-bond donors (Lipinski definition) is 1. The number of pyridine rings is 1. The molecular formula is C17H16ClN3. The molecule has 0 aliphatic carbocycles. The minimum absolute atomic E-state index is 0.695. The van der Waals surface area contributed by atoms with Crippen molar-refractivity contribution in [3.8, 4) is 0 Å². The van der Waals surface area contributed by atoms with Gasteiger partial charge in [-0.1, -0.05) is 41.9 Å². The van der Waals surface area contributed by atoms with Crippen molar-refractivity contribution < 1.29 is 0 Å². The smallest absolute Gasteiger partial charge is 0.0951 e. The summed E-state index contributed by atoms with van der Waals surface area (Å²) < 4.78 is 0. The van der Waals surface area contributed by atoms with Crippen LogP contribution in [0.4, 0.5) is 11.4 Å². The predicted molar refractivity (Wildman–Crippen MR) is 89.7 cm³/mol. The molecule has 1 aromatic heterocycles. The molecule has 0 bridgehead atoms. The fourth-order valence-electron chi connectivity index (χ4n) is 2.48. The van der Waals surface area contributed by atoms with Gasteiger partial charge in [0.05, 0.1) is 11.2 Å². The lowest BCUT2D eigenvalue weighted by Gasteiger charge is -2.22. The number of rotatable bonds is 3. The molecule has 2 N–H and O–H groups in total. The highest BCUT2D eigenvalue weighted by atomic mass is 35.5. The first-order valence-electron chi connectivity index (χ1n) is 6.74. The van der Waals surface area contributed by atoms with Crippen LogP contribution in [0, 0.1) is 0 Å². The molecule has 4 heteroatoms. The minimum Gasteiger partial charge on any atom is -0.397 e. The largest absolute Gasteiger partial charge is 0.397 e. The Bertz CT molecular complexity index is 786. The van der Waals surface area contributed by atoms with Crippen molar-refractivity contribution in [1.29, 1.82) is 0 Å². The average Bonchev–Trinajstić information content (AvgIpc) is 2.49. The number of nitrogen functional groups attached to an aromatic ring is 1. The Morgan fingerprint density at radius 3 is 2.71 bits per heavy atom. The van der Waals surface area contributed by atoms with E-state index in [9.17, 15) is 0 Å². The van der Waals surface area contributed by atoms with E-state index < -0.39 is 0 Å². The SMILES string of the molecule is CN(Cc1ccccc1Cl)c1ccnc2c(N)cccc12. The average molecular weight is 298 g/mol. The maximum absolute atomic E-state index is 6.24. The van der Waals surface area contributed by atoms with Crippen molar-refractivity contribution in [2.24, 2.45) is 0 Å². The maximum atomic E-state index is 6.24. The Kier molecular flexibility index (Phi) is 3.67. The summed E-state index contributed by atoms with van der Waals surface area (Å²) in [5.41, 5.74) is 9.71. The molecule has 2 aromatic carbocycles. The third-order valence-corrected chi connectivity index (χ3v) is 3.92. The van der Waals surface area contributed by atoms with Crippen LogP contribution >= 0.6 is 11.6 Å². The molecule has 0 aliphatic rings. The van der Waals surface area contributed by atoms with Crippen LogP contribution in [-0.2, 0) is 6.54 Å². The molecule has 3 nitrogen and oxygen atoms in total. The van der Waals surface area contributed by atoms with Gasteiger partial charge in [0.2, 0.25) is 0 Å². The highest BCUT2D eigenvalue weighted by molar-refractivity contribution is 6.31. The van der Waals surface area contributed by atoms with Gasteiger partial charge >= 0.3 is 0 Å². The zero-order chi connectivity index (χ0) is 14.8. The summed E-state index contributed by atoms with van der Waals surface area (Å²) in [5, 5.41) is 1.83. The molecule has 0 saturated carbocycles. The van der Waals surface area contributed by atoms with E-state index in [0.29, 0.717) is 5.69 Å². The molecule has 1 heterocycles. The zero-order valence-corrected chi connectivity index (χ0v) is 12.5. The highest BCUT2D eigenvalue weighted by Crippen LogP contribution is 2.29. The lowest BCUT2D eigenvalue weighted by Crippen LogP contribution is -2.17. The minimum atomic E-state index is 0.695. The summed E-state index contributed by atoms with van der Waals surface area (Å²) in [6.45, 7) is 0.730. The van der Waals surface area contributed by atoms with Crippen LogP contribution in [-0.4, -0.2) is 12.0 Å². The van der Waals surface area contributed by atoms with Gasteiger partial charge in [0.1, 0.15) is 0 Å². The van der Waals surface area contributed by atoms with Crippen LogP contribution in [0.3, 0.4) is 0 Å². The van der Waals surface area contributed by atoms with Crippen molar-refractivity contribution >= 4 is 33.9 Å². The molecule has 0 aliphatic heterocycles. The summed E-state index contributed by atoms with van der Waals surface area (Å²) in [7, 11) is 2.04. The monoisotopic (exact) mass is 297 g/mol. The van der Waals surface area contributed by atoms with E-state index in [1.54, 1.807) is 6.20 Å². The van der Waals surface area contributed by atoms with Crippen LogP contribution < -0.4 is 10.6 Å². The third kappa shape index (κ3) is 2.65. The lowest BCUT2D eigenvalue weighted by atomic mass is 10.1. The molecule has 0 unspecified atom stereocenters. The summed E-state index contributed by atoms with van der Waals surface area (Å²) >= 11 is 6.24. The number of halogens is 1. The van der Waals surface area contributed by atoms with Crippen molar-refractivity contribution in [2.45, 2.75) is 6.54 Å².